The first kappa shape index (κ1) is 14.1. The van der Waals surface area contributed by atoms with Crippen molar-refractivity contribution in [3.05, 3.63) is 66.2 Å². The summed E-state index contributed by atoms with van der Waals surface area (Å²) < 4.78 is 5.29. The molecule has 0 aliphatic heterocycles. The number of fused-ring (bicyclic) bond motifs is 1. The first-order valence-corrected chi connectivity index (χ1v) is 7.16. The van der Waals surface area contributed by atoms with Crippen molar-refractivity contribution >= 4 is 16.9 Å². The minimum Gasteiger partial charge on any atom is -0.467 e. The molecule has 3 aromatic rings. The highest BCUT2D eigenvalue weighted by Crippen LogP contribution is 2.15. The second-order valence-electron chi connectivity index (χ2n) is 4.85. The van der Waals surface area contributed by atoms with Crippen LogP contribution in [-0.4, -0.2) is 18.0 Å². The van der Waals surface area contributed by atoms with E-state index in [2.05, 4.69) is 38.8 Å². The van der Waals surface area contributed by atoms with Gasteiger partial charge in [-0.3, -0.25) is 9.98 Å². The molecule has 5 heteroatoms. The Balaban J connectivity index is 1.64. The largest absolute Gasteiger partial charge is 0.467 e. The van der Waals surface area contributed by atoms with E-state index in [0.717, 1.165) is 28.2 Å². The van der Waals surface area contributed by atoms with Crippen LogP contribution in [0, 0.1) is 0 Å². The van der Waals surface area contributed by atoms with E-state index in [1.165, 1.54) is 0 Å². The highest BCUT2D eigenvalue weighted by Gasteiger charge is 2.04. The fourth-order valence-corrected chi connectivity index (χ4v) is 2.29. The van der Waals surface area contributed by atoms with Crippen LogP contribution in [0.15, 0.2) is 64.3 Å². The molecule has 2 aromatic heterocycles. The van der Waals surface area contributed by atoms with Gasteiger partial charge in [0.25, 0.3) is 0 Å². The normalized spacial score (nSPS) is 11.6. The van der Waals surface area contributed by atoms with Gasteiger partial charge in [-0.1, -0.05) is 24.3 Å². The van der Waals surface area contributed by atoms with E-state index in [-0.39, 0.29) is 0 Å². The summed E-state index contributed by atoms with van der Waals surface area (Å²) in [6.07, 6.45) is 3.48. The number of para-hydroxylation sites is 1. The lowest BCUT2D eigenvalue weighted by Crippen LogP contribution is -2.36. The van der Waals surface area contributed by atoms with E-state index in [1.807, 2.05) is 30.5 Å². The van der Waals surface area contributed by atoms with Gasteiger partial charge in [-0.25, -0.2) is 0 Å². The van der Waals surface area contributed by atoms with Crippen molar-refractivity contribution in [2.75, 3.05) is 7.05 Å². The molecule has 2 heterocycles. The lowest BCUT2D eigenvalue weighted by molar-refractivity contribution is 0.501. The molecule has 0 aliphatic rings. The molecular weight excluding hydrogens is 276 g/mol. The third kappa shape index (κ3) is 3.25. The summed E-state index contributed by atoms with van der Waals surface area (Å²) in [5.41, 5.74) is 2.15. The van der Waals surface area contributed by atoms with Crippen molar-refractivity contribution < 1.29 is 4.42 Å². The minimum atomic E-state index is 0.598. The van der Waals surface area contributed by atoms with Gasteiger partial charge in [-0.2, -0.15) is 0 Å². The molecule has 0 saturated heterocycles. The van der Waals surface area contributed by atoms with E-state index < -0.39 is 0 Å². The SMILES string of the molecule is CN=C(NCc1ccco1)NCc1cccc2cccnc12. The molecule has 0 radical (unpaired) electrons. The number of pyridine rings is 1. The molecule has 3 rings (SSSR count). The summed E-state index contributed by atoms with van der Waals surface area (Å²) in [6, 6.07) is 14.0. The number of nitrogens with zero attached hydrogens (tertiary/aromatic N) is 2. The van der Waals surface area contributed by atoms with Crippen LogP contribution in [0.3, 0.4) is 0 Å². The van der Waals surface area contributed by atoms with Crippen LogP contribution in [0.2, 0.25) is 0 Å². The number of guanidine groups is 1. The van der Waals surface area contributed by atoms with E-state index in [1.54, 1.807) is 13.3 Å². The summed E-state index contributed by atoms with van der Waals surface area (Å²) >= 11 is 0. The number of furan rings is 1. The molecule has 0 aliphatic carbocycles. The van der Waals surface area contributed by atoms with Gasteiger partial charge in [0.2, 0.25) is 0 Å². The van der Waals surface area contributed by atoms with Crippen LogP contribution in [0.25, 0.3) is 10.9 Å². The lowest BCUT2D eigenvalue weighted by atomic mass is 10.1. The maximum absolute atomic E-state index is 5.29. The summed E-state index contributed by atoms with van der Waals surface area (Å²) in [5.74, 6) is 1.60. The molecule has 0 unspecified atom stereocenters. The van der Waals surface area contributed by atoms with E-state index >= 15 is 0 Å². The van der Waals surface area contributed by atoms with Crippen molar-refractivity contribution in [3.8, 4) is 0 Å². The van der Waals surface area contributed by atoms with Crippen LogP contribution in [0.1, 0.15) is 11.3 Å². The topological polar surface area (TPSA) is 62.5 Å². The summed E-state index contributed by atoms with van der Waals surface area (Å²) in [7, 11) is 1.75. The van der Waals surface area contributed by atoms with Crippen LogP contribution >= 0.6 is 0 Å². The smallest absolute Gasteiger partial charge is 0.191 e. The Morgan fingerprint density at radius 1 is 1.09 bits per heavy atom. The molecule has 0 fully saturated rings. The average molecular weight is 294 g/mol. The molecule has 0 spiro atoms. The summed E-state index contributed by atoms with van der Waals surface area (Å²) in [6.45, 7) is 1.26. The Bertz CT molecular complexity index is 760. The third-order valence-electron chi connectivity index (χ3n) is 3.40. The Labute approximate surface area is 129 Å². The number of nitrogens with one attached hydrogen (secondary N) is 2. The van der Waals surface area contributed by atoms with E-state index in [4.69, 9.17) is 4.42 Å². The zero-order valence-corrected chi connectivity index (χ0v) is 12.4. The van der Waals surface area contributed by atoms with Gasteiger partial charge in [0.1, 0.15) is 5.76 Å². The molecule has 112 valence electrons. The van der Waals surface area contributed by atoms with E-state index in [9.17, 15) is 0 Å². The van der Waals surface area contributed by atoms with Gasteiger partial charge >= 0.3 is 0 Å². The van der Waals surface area contributed by atoms with Crippen LogP contribution in [0.4, 0.5) is 0 Å². The quantitative estimate of drug-likeness (QED) is 0.573. The Morgan fingerprint density at radius 2 is 1.95 bits per heavy atom. The zero-order valence-electron chi connectivity index (χ0n) is 12.4. The van der Waals surface area contributed by atoms with Gasteiger partial charge in [-0.15, -0.1) is 0 Å². The van der Waals surface area contributed by atoms with E-state index in [0.29, 0.717) is 13.1 Å². The fraction of sp³-hybridized carbons (Fsp3) is 0.176. The minimum absolute atomic E-state index is 0.598. The predicted octanol–water partition coefficient (Wildman–Crippen LogP) is 2.69. The molecule has 0 atom stereocenters. The average Bonchev–Trinajstić information content (AvgIpc) is 3.08. The molecule has 22 heavy (non-hydrogen) atoms. The maximum Gasteiger partial charge on any atom is 0.191 e. The predicted molar refractivity (Wildman–Crippen MR) is 87.5 cm³/mol. The van der Waals surface area contributed by atoms with Crippen molar-refractivity contribution in [1.82, 2.24) is 15.6 Å². The van der Waals surface area contributed by atoms with Gasteiger partial charge in [-0.05, 0) is 23.8 Å². The second-order valence-corrected chi connectivity index (χ2v) is 4.85. The van der Waals surface area contributed by atoms with Crippen molar-refractivity contribution in [2.45, 2.75) is 13.1 Å². The second kappa shape index (κ2) is 6.76. The van der Waals surface area contributed by atoms with Crippen molar-refractivity contribution in [3.63, 3.8) is 0 Å². The molecular formula is C17H18N4O. The maximum atomic E-state index is 5.29. The first-order chi connectivity index (χ1) is 10.9. The molecule has 0 bridgehead atoms. The highest BCUT2D eigenvalue weighted by molar-refractivity contribution is 5.83. The first-order valence-electron chi connectivity index (χ1n) is 7.16. The van der Waals surface area contributed by atoms with Crippen LogP contribution in [0.5, 0.6) is 0 Å². The molecule has 0 amide bonds. The monoisotopic (exact) mass is 294 g/mol. The van der Waals surface area contributed by atoms with Crippen LogP contribution < -0.4 is 10.6 Å². The number of benzene rings is 1. The Kier molecular flexibility index (Phi) is 4.34. The third-order valence-corrected chi connectivity index (χ3v) is 3.40. The number of hydrogen-bond donors (Lipinski definition) is 2. The Hall–Kier alpha value is -2.82. The number of aliphatic imine (C=N–C) groups is 1. The molecule has 1 aromatic carbocycles. The number of rotatable bonds is 4. The Morgan fingerprint density at radius 3 is 2.77 bits per heavy atom. The van der Waals surface area contributed by atoms with Crippen LogP contribution in [-0.2, 0) is 13.1 Å². The molecule has 5 nitrogen and oxygen atoms in total. The fourth-order valence-electron chi connectivity index (χ4n) is 2.29. The zero-order chi connectivity index (χ0) is 15.2. The lowest BCUT2D eigenvalue weighted by Gasteiger charge is -2.12. The summed E-state index contributed by atoms with van der Waals surface area (Å²) in [4.78, 5) is 8.67. The summed E-state index contributed by atoms with van der Waals surface area (Å²) in [5, 5.41) is 7.65. The van der Waals surface area contributed by atoms with Gasteiger partial charge in [0.05, 0.1) is 18.3 Å². The molecule has 0 saturated carbocycles. The highest BCUT2D eigenvalue weighted by atomic mass is 16.3. The standard InChI is InChI=1S/C17H18N4O/c1-18-17(21-12-15-8-4-10-22-15)20-11-14-6-2-5-13-7-3-9-19-16(13)14/h2-10H,11-12H2,1H3,(H2,18,20,21). The van der Waals surface area contributed by atoms with Crippen molar-refractivity contribution in [2.24, 2.45) is 4.99 Å². The number of aromatic nitrogens is 1. The van der Waals surface area contributed by atoms with Gasteiger partial charge < -0.3 is 15.1 Å². The van der Waals surface area contributed by atoms with Gasteiger partial charge in [0.15, 0.2) is 5.96 Å². The number of hydrogen-bond acceptors (Lipinski definition) is 3. The molecule has 2 N–H and O–H groups in total. The van der Waals surface area contributed by atoms with Crippen molar-refractivity contribution in [1.29, 1.82) is 0 Å². The van der Waals surface area contributed by atoms with Gasteiger partial charge in [0, 0.05) is 25.2 Å².